The average molecular weight is 375 g/mol. The Morgan fingerprint density at radius 1 is 1.35 bits per heavy atom. The monoisotopic (exact) mass is 373 g/mol. The number of halogens is 2. The molecule has 0 saturated heterocycles. The first-order valence-corrected chi connectivity index (χ1v) is 7.70. The first-order valence-electron chi connectivity index (χ1n) is 5.71. The maximum absolute atomic E-state index is 12.2. The molecular weight excluding hydrogens is 366 g/mol. The normalized spacial score (nSPS) is 12.6. The molecule has 1 aliphatic heterocycles. The zero-order valence-electron chi connectivity index (χ0n) is 10.3. The second-order valence-electron chi connectivity index (χ2n) is 4.21. The lowest BCUT2D eigenvalue weighted by molar-refractivity contribution is 0.103. The Morgan fingerprint density at radius 3 is 2.70 bits per heavy atom. The number of rotatable bonds is 2. The van der Waals surface area contributed by atoms with Gasteiger partial charge >= 0.3 is 0 Å². The third-order valence-electron chi connectivity index (χ3n) is 2.79. The Labute approximate surface area is 132 Å². The summed E-state index contributed by atoms with van der Waals surface area (Å²) in [6, 6.07) is 5.12. The van der Waals surface area contributed by atoms with Crippen LogP contribution in [0.2, 0.25) is 5.02 Å². The topological polar surface area (TPSA) is 47.6 Å². The summed E-state index contributed by atoms with van der Waals surface area (Å²) < 4.78 is 11.4. The number of hydrogen-bond acceptors (Lipinski definition) is 4. The standard InChI is InChI=1S/C13H9BrClNO3S/c1-6-2-11(20-12(6)14)13(17)16-8-4-10-9(3-7(8)15)18-5-19-10/h2-4H,5H2,1H3,(H,16,17). The summed E-state index contributed by atoms with van der Waals surface area (Å²) in [5.41, 5.74) is 1.53. The van der Waals surface area contributed by atoms with E-state index in [0.717, 1.165) is 9.35 Å². The molecular formula is C13H9BrClNO3S. The number of thiophene rings is 1. The van der Waals surface area contributed by atoms with E-state index in [1.165, 1.54) is 11.3 Å². The highest BCUT2D eigenvalue weighted by molar-refractivity contribution is 9.11. The van der Waals surface area contributed by atoms with Gasteiger partial charge in [-0.15, -0.1) is 11.3 Å². The molecule has 20 heavy (non-hydrogen) atoms. The van der Waals surface area contributed by atoms with Crippen LogP contribution >= 0.6 is 38.9 Å². The molecule has 2 aromatic rings. The molecule has 104 valence electrons. The van der Waals surface area contributed by atoms with Crippen molar-refractivity contribution in [2.24, 2.45) is 0 Å². The van der Waals surface area contributed by atoms with Crippen LogP contribution in [0, 0.1) is 6.92 Å². The number of aryl methyl sites for hydroxylation is 1. The predicted octanol–water partition coefficient (Wildman–Crippen LogP) is 4.45. The van der Waals surface area contributed by atoms with Gasteiger partial charge in [0.1, 0.15) is 0 Å². The molecule has 0 unspecified atom stereocenters. The summed E-state index contributed by atoms with van der Waals surface area (Å²) in [5.74, 6) is 0.959. The van der Waals surface area contributed by atoms with Crippen LogP contribution in [0.3, 0.4) is 0 Å². The Bertz CT molecular complexity index is 682. The van der Waals surface area contributed by atoms with Gasteiger partial charge in [0.15, 0.2) is 11.5 Å². The SMILES string of the molecule is Cc1cc(C(=O)Nc2cc3c(cc2Cl)OCO3)sc1Br. The van der Waals surface area contributed by atoms with Crippen molar-refractivity contribution in [2.45, 2.75) is 6.92 Å². The van der Waals surface area contributed by atoms with Crippen LogP contribution in [0.5, 0.6) is 11.5 Å². The maximum atomic E-state index is 12.2. The molecule has 0 saturated carbocycles. The van der Waals surface area contributed by atoms with Gasteiger partial charge in [-0.2, -0.15) is 0 Å². The number of hydrogen-bond donors (Lipinski definition) is 1. The number of benzene rings is 1. The van der Waals surface area contributed by atoms with E-state index in [0.29, 0.717) is 27.1 Å². The van der Waals surface area contributed by atoms with Crippen molar-refractivity contribution >= 4 is 50.5 Å². The van der Waals surface area contributed by atoms with Crippen molar-refractivity contribution in [2.75, 3.05) is 12.1 Å². The third kappa shape index (κ3) is 2.51. The highest BCUT2D eigenvalue weighted by Gasteiger charge is 2.19. The maximum Gasteiger partial charge on any atom is 0.265 e. The molecule has 0 fully saturated rings. The predicted molar refractivity (Wildman–Crippen MR) is 82.3 cm³/mol. The number of carbonyl (C=O) groups is 1. The van der Waals surface area contributed by atoms with Crippen LogP contribution in [0.25, 0.3) is 0 Å². The van der Waals surface area contributed by atoms with Gasteiger partial charge in [0.2, 0.25) is 6.79 Å². The Morgan fingerprint density at radius 2 is 2.05 bits per heavy atom. The van der Waals surface area contributed by atoms with E-state index in [-0.39, 0.29) is 12.7 Å². The summed E-state index contributed by atoms with van der Waals surface area (Å²) in [4.78, 5) is 12.8. The fourth-order valence-electron chi connectivity index (χ4n) is 1.77. The largest absolute Gasteiger partial charge is 0.454 e. The zero-order valence-corrected chi connectivity index (χ0v) is 13.5. The molecule has 1 N–H and O–H groups in total. The van der Waals surface area contributed by atoms with E-state index in [4.69, 9.17) is 21.1 Å². The molecule has 1 aliphatic rings. The van der Waals surface area contributed by atoms with Gasteiger partial charge in [-0.1, -0.05) is 11.6 Å². The molecule has 3 rings (SSSR count). The number of carbonyl (C=O) groups excluding carboxylic acids is 1. The molecule has 4 nitrogen and oxygen atoms in total. The van der Waals surface area contributed by atoms with E-state index in [1.807, 2.05) is 13.0 Å². The van der Waals surface area contributed by atoms with E-state index < -0.39 is 0 Å². The molecule has 1 amide bonds. The smallest absolute Gasteiger partial charge is 0.265 e. The van der Waals surface area contributed by atoms with E-state index in [1.54, 1.807) is 12.1 Å². The third-order valence-corrected chi connectivity index (χ3v) is 5.24. The van der Waals surface area contributed by atoms with Gasteiger partial charge < -0.3 is 14.8 Å². The van der Waals surface area contributed by atoms with Crippen molar-refractivity contribution in [3.8, 4) is 11.5 Å². The second kappa shape index (κ2) is 5.27. The van der Waals surface area contributed by atoms with Gasteiger partial charge in [0.05, 0.1) is 19.4 Å². The summed E-state index contributed by atoms with van der Waals surface area (Å²) in [7, 11) is 0. The van der Waals surface area contributed by atoms with E-state index in [2.05, 4.69) is 21.2 Å². The second-order valence-corrected chi connectivity index (χ2v) is 6.98. The molecule has 1 aromatic heterocycles. The van der Waals surface area contributed by atoms with Crippen molar-refractivity contribution in [3.63, 3.8) is 0 Å². The first kappa shape index (κ1) is 13.7. The molecule has 1 aromatic carbocycles. The highest BCUT2D eigenvalue weighted by Crippen LogP contribution is 2.39. The van der Waals surface area contributed by atoms with Gasteiger partial charge in [0, 0.05) is 12.1 Å². The molecule has 0 bridgehead atoms. The average Bonchev–Trinajstić information content (AvgIpc) is 2.97. The number of ether oxygens (including phenoxy) is 2. The molecule has 7 heteroatoms. The van der Waals surface area contributed by atoms with Crippen LogP contribution in [0.1, 0.15) is 15.2 Å². The molecule has 0 radical (unpaired) electrons. The van der Waals surface area contributed by atoms with Crippen molar-refractivity contribution in [3.05, 3.63) is 37.4 Å². The molecule has 0 atom stereocenters. The van der Waals surface area contributed by atoms with Crippen LogP contribution in [-0.2, 0) is 0 Å². The quantitative estimate of drug-likeness (QED) is 0.844. The van der Waals surface area contributed by atoms with Gasteiger partial charge in [-0.25, -0.2) is 0 Å². The lowest BCUT2D eigenvalue weighted by Crippen LogP contribution is -2.10. The van der Waals surface area contributed by atoms with Crippen molar-refractivity contribution in [1.29, 1.82) is 0 Å². The van der Waals surface area contributed by atoms with E-state index >= 15 is 0 Å². The van der Waals surface area contributed by atoms with Crippen LogP contribution < -0.4 is 14.8 Å². The fraction of sp³-hybridized carbons (Fsp3) is 0.154. The fourth-order valence-corrected chi connectivity index (χ4v) is 3.40. The summed E-state index contributed by atoms with van der Waals surface area (Å²) in [6.45, 7) is 2.10. The van der Waals surface area contributed by atoms with E-state index in [9.17, 15) is 4.79 Å². The summed E-state index contributed by atoms with van der Waals surface area (Å²) in [6.07, 6.45) is 0. The van der Waals surface area contributed by atoms with Crippen LogP contribution in [-0.4, -0.2) is 12.7 Å². The minimum absolute atomic E-state index is 0.167. The Kier molecular flexibility index (Phi) is 3.62. The number of nitrogens with one attached hydrogen (secondary N) is 1. The van der Waals surface area contributed by atoms with Crippen molar-refractivity contribution in [1.82, 2.24) is 0 Å². The Hall–Kier alpha value is -1.24. The van der Waals surface area contributed by atoms with Crippen LogP contribution in [0.15, 0.2) is 22.0 Å². The van der Waals surface area contributed by atoms with Crippen LogP contribution in [0.4, 0.5) is 5.69 Å². The first-order chi connectivity index (χ1) is 9.54. The van der Waals surface area contributed by atoms with Gasteiger partial charge in [-0.3, -0.25) is 4.79 Å². The Balaban J connectivity index is 1.86. The van der Waals surface area contributed by atoms with Gasteiger partial charge in [-0.05, 0) is 34.5 Å². The number of anilines is 1. The molecule has 0 aliphatic carbocycles. The number of fused-ring (bicyclic) bond motifs is 1. The summed E-state index contributed by atoms with van der Waals surface area (Å²) >= 11 is 10.9. The minimum Gasteiger partial charge on any atom is -0.454 e. The van der Waals surface area contributed by atoms with Crippen molar-refractivity contribution < 1.29 is 14.3 Å². The zero-order chi connectivity index (χ0) is 14.3. The minimum atomic E-state index is -0.204. The number of amides is 1. The lowest BCUT2D eigenvalue weighted by atomic mass is 10.2. The lowest BCUT2D eigenvalue weighted by Gasteiger charge is -2.07. The van der Waals surface area contributed by atoms with Gasteiger partial charge in [0.25, 0.3) is 5.91 Å². The molecule has 0 spiro atoms. The highest BCUT2D eigenvalue weighted by atomic mass is 79.9. The summed E-state index contributed by atoms with van der Waals surface area (Å²) in [5, 5.41) is 3.19. The molecule has 2 heterocycles.